The van der Waals surface area contributed by atoms with Gasteiger partial charge in [-0.05, 0) is 36.5 Å². The molecule has 0 spiro atoms. The van der Waals surface area contributed by atoms with Gasteiger partial charge in [0.2, 0.25) is 5.91 Å². The Labute approximate surface area is 147 Å². The van der Waals surface area contributed by atoms with Gasteiger partial charge in [0.25, 0.3) is 0 Å². The van der Waals surface area contributed by atoms with Crippen molar-refractivity contribution in [2.45, 2.75) is 31.8 Å². The van der Waals surface area contributed by atoms with Gasteiger partial charge in [-0.15, -0.1) is 0 Å². The van der Waals surface area contributed by atoms with E-state index >= 15 is 0 Å². The fourth-order valence-electron chi connectivity index (χ4n) is 3.27. The van der Waals surface area contributed by atoms with Gasteiger partial charge in [0.15, 0.2) is 0 Å². The summed E-state index contributed by atoms with van der Waals surface area (Å²) in [5.41, 5.74) is 1.92. The van der Waals surface area contributed by atoms with Crippen molar-refractivity contribution < 1.29 is 18.5 Å². The topological polar surface area (TPSA) is 99.6 Å². The van der Waals surface area contributed by atoms with E-state index < -0.39 is 15.8 Å². The largest absolute Gasteiger partial charge is 0.442 e. The molecule has 7 nitrogen and oxygen atoms in total. The van der Waals surface area contributed by atoms with Gasteiger partial charge in [0, 0.05) is 33.8 Å². The number of nitrogens with zero attached hydrogens (tertiary/aromatic N) is 1. The van der Waals surface area contributed by atoms with E-state index in [1.165, 1.54) is 6.92 Å². The standard InChI is InChI=1S/C17H23N3O4S/c1-12(21)19-10-16-11-20(17(22)24-16)15-4-2-13(3-5-15)14-6-8-25(18,23)9-7-14/h2-5,14,16,18H,6-11H2,1H3,(H,19,21)/t14?,16-,25?/m0/s1. The van der Waals surface area contributed by atoms with Gasteiger partial charge in [-0.1, -0.05) is 12.1 Å². The molecule has 136 valence electrons. The second kappa shape index (κ2) is 7.03. The van der Waals surface area contributed by atoms with Crippen LogP contribution in [0.2, 0.25) is 0 Å². The van der Waals surface area contributed by atoms with Crippen LogP contribution in [0.15, 0.2) is 24.3 Å². The van der Waals surface area contributed by atoms with Gasteiger partial charge in [0.05, 0.1) is 13.1 Å². The number of nitrogens with one attached hydrogen (secondary N) is 2. The third-order valence-electron chi connectivity index (χ3n) is 4.72. The summed E-state index contributed by atoms with van der Waals surface area (Å²) in [6.07, 6.45) is 0.785. The molecule has 1 atom stereocenters. The molecule has 0 saturated carbocycles. The summed E-state index contributed by atoms with van der Waals surface area (Å²) < 4.78 is 24.7. The lowest BCUT2D eigenvalue weighted by Crippen LogP contribution is -2.33. The van der Waals surface area contributed by atoms with Crippen LogP contribution in [0, 0.1) is 4.78 Å². The molecular weight excluding hydrogens is 342 g/mol. The van der Waals surface area contributed by atoms with E-state index in [0.29, 0.717) is 30.5 Å². The molecule has 0 radical (unpaired) electrons. The highest BCUT2D eigenvalue weighted by molar-refractivity contribution is 7.92. The molecule has 2 heterocycles. The first-order chi connectivity index (χ1) is 11.8. The molecule has 2 N–H and O–H groups in total. The number of hydrogen-bond donors (Lipinski definition) is 2. The number of carbonyl (C=O) groups excluding carboxylic acids is 2. The van der Waals surface area contributed by atoms with Gasteiger partial charge in [-0.25, -0.2) is 9.00 Å². The van der Waals surface area contributed by atoms with E-state index in [4.69, 9.17) is 9.52 Å². The average Bonchev–Trinajstić information content (AvgIpc) is 2.94. The zero-order valence-electron chi connectivity index (χ0n) is 14.2. The highest BCUT2D eigenvalue weighted by Crippen LogP contribution is 2.31. The second-order valence-corrected chi connectivity index (χ2v) is 9.08. The smallest absolute Gasteiger partial charge is 0.414 e. The van der Waals surface area contributed by atoms with E-state index in [2.05, 4.69) is 5.32 Å². The van der Waals surface area contributed by atoms with Crippen LogP contribution >= 0.6 is 0 Å². The molecule has 1 aromatic rings. The van der Waals surface area contributed by atoms with Gasteiger partial charge in [0.1, 0.15) is 6.10 Å². The predicted octanol–water partition coefficient (Wildman–Crippen LogP) is 2.07. The number of carbonyl (C=O) groups is 2. The normalized spacial score (nSPS) is 29.3. The Morgan fingerprint density at radius 1 is 1.32 bits per heavy atom. The Bertz CT molecular complexity index is 747. The average molecular weight is 365 g/mol. The number of rotatable bonds is 4. The van der Waals surface area contributed by atoms with Crippen LogP contribution in [-0.2, 0) is 19.3 Å². The maximum atomic E-state index is 12.0. The Hall–Kier alpha value is -2.09. The van der Waals surface area contributed by atoms with Gasteiger partial charge in [-0.2, -0.15) is 0 Å². The highest BCUT2D eigenvalue weighted by Gasteiger charge is 2.32. The van der Waals surface area contributed by atoms with Crippen LogP contribution in [0.4, 0.5) is 10.5 Å². The molecule has 1 aromatic carbocycles. The van der Waals surface area contributed by atoms with Crippen molar-refractivity contribution >= 4 is 27.4 Å². The monoisotopic (exact) mass is 365 g/mol. The van der Waals surface area contributed by atoms with Gasteiger partial charge < -0.3 is 10.1 Å². The zero-order chi connectivity index (χ0) is 18.0. The molecule has 2 saturated heterocycles. The number of benzene rings is 1. The van der Waals surface area contributed by atoms with E-state index in [1.54, 1.807) is 4.90 Å². The van der Waals surface area contributed by atoms with Crippen molar-refractivity contribution in [3.63, 3.8) is 0 Å². The molecule has 8 heteroatoms. The van der Waals surface area contributed by atoms with E-state index in [9.17, 15) is 13.8 Å². The van der Waals surface area contributed by atoms with Crippen LogP contribution in [0.5, 0.6) is 0 Å². The summed E-state index contributed by atoms with van der Waals surface area (Å²) in [7, 11) is -2.37. The molecule has 2 amide bonds. The van der Waals surface area contributed by atoms with E-state index in [-0.39, 0.29) is 12.0 Å². The maximum absolute atomic E-state index is 12.0. The maximum Gasteiger partial charge on any atom is 0.414 e. The fourth-order valence-corrected chi connectivity index (χ4v) is 4.80. The third-order valence-corrected chi connectivity index (χ3v) is 6.51. The molecule has 2 aliphatic heterocycles. The van der Waals surface area contributed by atoms with E-state index in [0.717, 1.165) is 24.1 Å². The summed E-state index contributed by atoms with van der Waals surface area (Å²) in [6.45, 7) is 2.14. The molecule has 0 aliphatic carbocycles. The van der Waals surface area contributed by atoms with Crippen molar-refractivity contribution in [3.8, 4) is 0 Å². The molecule has 2 aliphatic rings. The summed E-state index contributed by atoms with van der Waals surface area (Å²) in [4.78, 5) is 24.6. The fraction of sp³-hybridized carbons (Fsp3) is 0.529. The minimum absolute atomic E-state index is 0.150. The summed E-state index contributed by atoms with van der Waals surface area (Å²) in [5.74, 6) is 1.10. The second-order valence-electron chi connectivity index (χ2n) is 6.64. The lowest BCUT2D eigenvalue weighted by molar-refractivity contribution is -0.119. The number of hydrogen-bond acceptors (Lipinski definition) is 5. The molecule has 0 aromatic heterocycles. The number of anilines is 1. The van der Waals surface area contributed by atoms with Crippen LogP contribution < -0.4 is 10.2 Å². The van der Waals surface area contributed by atoms with Crippen LogP contribution in [0.1, 0.15) is 31.2 Å². The summed E-state index contributed by atoms with van der Waals surface area (Å²) in [6, 6.07) is 7.77. The Kier molecular flexibility index (Phi) is 4.99. The molecule has 0 unspecified atom stereocenters. The van der Waals surface area contributed by atoms with Crippen molar-refractivity contribution in [1.82, 2.24) is 5.32 Å². The van der Waals surface area contributed by atoms with Crippen molar-refractivity contribution in [3.05, 3.63) is 29.8 Å². The van der Waals surface area contributed by atoms with Crippen LogP contribution in [0.3, 0.4) is 0 Å². The lowest BCUT2D eigenvalue weighted by Gasteiger charge is -2.24. The minimum atomic E-state index is -2.37. The quantitative estimate of drug-likeness (QED) is 0.853. The SMILES string of the molecule is CC(=O)NC[C@H]1CN(c2ccc(C3CCS(=N)(=O)CC3)cc2)C(=O)O1. The summed E-state index contributed by atoms with van der Waals surface area (Å²) >= 11 is 0. The molecule has 2 fully saturated rings. The number of cyclic esters (lactones) is 1. The molecular formula is C17H23N3O4S. The van der Waals surface area contributed by atoms with Gasteiger partial charge >= 0.3 is 6.09 Å². The summed E-state index contributed by atoms with van der Waals surface area (Å²) in [5, 5.41) is 2.66. The van der Waals surface area contributed by atoms with E-state index in [1.807, 2.05) is 24.3 Å². The van der Waals surface area contributed by atoms with Crippen molar-refractivity contribution in [2.24, 2.45) is 0 Å². The molecule has 0 bridgehead atoms. The first-order valence-corrected chi connectivity index (χ1v) is 10.3. The molecule has 3 rings (SSSR count). The van der Waals surface area contributed by atoms with Gasteiger partial charge in [-0.3, -0.25) is 14.5 Å². The van der Waals surface area contributed by atoms with Crippen LogP contribution in [0.25, 0.3) is 0 Å². The Morgan fingerprint density at radius 3 is 2.56 bits per heavy atom. The van der Waals surface area contributed by atoms with Crippen LogP contribution in [-0.4, -0.2) is 46.9 Å². The number of ether oxygens (including phenoxy) is 1. The Balaban J connectivity index is 1.62. The van der Waals surface area contributed by atoms with Crippen molar-refractivity contribution in [2.75, 3.05) is 29.5 Å². The lowest BCUT2D eigenvalue weighted by atomic mass is 9.93. The zero-order valence-corrected chi connectivity index (χ0v) is 15.0. The highest BCUT2D eigenvalue weighted by atomic mass is 32.2. The minimum Gasteiger partial charge on any atom is -0.442 e. The predicted molar refractivity (Wildman–Crippen MR) is 95.3 cm³/mol. The number of amides is 2. The first kappa shape index (κ1) is 17.7. The van der Waals surface area contributed by atoms with Crippen molar-refractivity contribution in [1.29, 1.82) is 4.78 Å². The molecule has 25 heavy (non-hydrogen) atoms. The first-order valence-electron chi connectivity index (χ1n) is 8.41. The third kappa shape index (κ3) is 4.31. The Morgan fingerprint density at radius 2 is 1.96 bits per heavy atom.